The van der Waals surface area contributed by atoms with Gasteiger partial charge in [0.1, 0.15) is 18.1 Å². The average molecular weight is 354 g/mol. The van der Waals surface area contributed by atoms with E-state index in [1.807, 2.05) is 31.2 Å². The fraction of sp³-hybridized carbons (Fsp3) is 0.286. The molecule has 0 fully saturated rings. The largest absolute Gasteiger partial charge is 0.497 e. The third-order valence-corrected chi connectivity index (χ3v) is 4.10. The molecule has 0 radical (unpaired) electrons. The molecule has 0 atom stereocenters. The van der Waals surface area contributed by atoms with Crippen molar-refractivity contribution in [3.63, 3.8) is 0 Å². The standard InChI is InChI=1S/C21H22O5/c1-4-9-25-20-11-14(5-7-19(20)24-3)10-15-13-26-18-8-6-16(23-2)12-17(18)21(15)22/h5-8,10-12H,4,9,13H2,1-3H3/b15-10-. The molecule has 0 bridgehead atoms. The first-order valence-electron chi connectivity index (χ1n) is 8.53. The van der Waals surface area contributed by atoms with E-state index < -0.39 is 0 Å². The zero-order valence-corrected chi connectivity index (χ0v) is 15.2. The summed E-state index contributed by atoms with van der Waals surface area (Å²) >= 11 is 0. The third kappa shape index (κ3) is 3.67. The third-order valence-electron chi connectivity index (χ3n) is 4.10. The summed E-state index contributed by atoms with van der Waals surface area (Å²) in [6.45, 7) is 2.88. The fourth-order valence-corrected chi connectivity index (χ4v) is 2.75. The van der Waals surface area contributed by atoms with Crippen LogP contribution in [0.4, 0.5) is 0 Å². The van der Waals surface area contributed by atoms with E-state index in [2.05, 4.69) is 0 Å². The van der Waals surface area contributed by atoms with Gasteiger partial charge in [-0.1, -0.05) is 13.0 Å². The second-order valence-electron chi connectivity index (χ2n) is 5.91. The van der Waals surface area contributed by atoms with E-state index in [1.54, 1.807) is 32.4 Å². The molecule has 0 spiro atoms. The highest BCUT2D eigenvalue weighted by atomic mass is 16.5. The van der Waals surface area contributed by atoms with Gasteiger partial charge in [0.25, 0.3) is 0 Å². The average Bonchev–Trinajstić information content (AvgIpc) is 2.68. The summed E-state index contributed by atoms with van der Waals surface area (Å²) in [5.41, 5.74) is 1.95. The van der Waals surface area contributed by atoms with Crippen LogP contribution < -0.4 is 18.9 Å². The van der Waals surface area contributed by atoms with Crippen LogP contribution in [0, 0.1) is 0 Å². The van der Waals surface area contributed by atoms with Crippen molar-refractivity contribution in [2.75, 3.05) is 27.4 Å². The summed E-state index contributed by atoms with van der Waals surface area (Å²) in [5, 5.41) is 0. The van der Waals surface area contributed by atoms with Gasteiger partial charge in [-0.2, -0.15) is 0 Å². The summed E-state index contributed by atoms with van der Waals surface area (Å²) in [7, 11) is 3.18. The van der Waals surface area contributed by atoms with E-state index >= 15 is 0 Å². The molecule has 2 aromatic carbocycles. The summed E-state index contributed by atoms with van der Waals surface area (Å²) in [5.74, 6) is 2.48. The Bertz CT molecular complexity index is 838. The second-order valence-corrected chi connectivity index (χ2v) is 5.91. The van der Waals surface area contributed by atoms with Crippen molar-refractivity contribution in [1.82, 2.24) is 0 Å². The topological polar surface area (TPSA) is 54.0 Å². The lowest BCUT2D eigenvalue weighted by atomic mass is 9.98. The van der Waals surface area contributed by atoms with Crippen LogP contribution in [0.2, 0.25) is 0 Å². The zero-order chi connectivity index (χ0) is 18.5. The molecule has 1 heterocycles. The van der Waals surface area contributed by atoms with Gasteiger partial charge in [-0.05, 0) is 48.4 Å². The maximum absolute atomic E-state index is 12.8. The molecule has 0 saturated carbocycles. The van der Waals surface area contributed by atoms with Crippen molar-refractivity contribution in [2.45, 2.75) is 13.3 Å². The highest BCUT2D eigenvalue weighted by Crippen LogP contribution is 2.33. The molecule has 0 aromatic heterocycles. The number of ketones is 1. The smallest absolute Gasteiger partial charge is 0.196 e. The first-order chi connectivity index (χ1) is 12.7. The highest BCUT2D eigenvalue weighted by Gasteiger charge is 2.24. The Morgan fingerprint density at radius 3 is 2.65 bits per heavy atom. The van der Waals surface area contributed by atoms with Crippen molar-refractivity contribution in [2.24, 2.45) is 0 Å². The first kappa shape index (κ1) is 17.9. The number of hydrogen-bond donors (Lipinski definition) is 0. The number of methoxy groups -OCH3 is 2. The van der Waals surface area contributed by atoms with Crippen molar-refractivity contribution < 1.29 is 23.7 Å². The van der Waals surface area contributed by atoms with Gasteiger partial charge >= 0.3 is 0 Å². The summed E-state index contributed by atoms with van der Waals surface area (Å²) < 4.78 is 22.0. The Morgan fingerprint density at radius 1 is 1.08 bits per heavy atom. The van der Waals surface area contributed by atoms with Crippen LogP contribution in [-0.4, -0.2) is 33.2 Å². The molecule has 26 heavy (non-hydrogen) atoms. The molecular weight excluding hydrogens is 332 g/mol. The number of fused-ring (bicyclic) bond motifs is 1. The minimum Gasteiger partial charge on any atom is -0.497 e. The molecule has 2 aromatic rings. The van der Waals surface area contributed by atoms with Gasteiger partial charge in [-0.25, -0.2) is 0 Å². The Morgan fingerprint density at radius 2 is 1.92 bits per heavy atom. The number of carbonyl (C=O) groups is 1. The highest BCUT2D eigenvalue weighted by molar-refractivity contribution is 6.14. The molecule has 0 unspecified atom stereocenters. The summed E-state index contributed by atoms with van der Waals surface area (Å²) in [6, 6.07) is 10.8. The van der Waals surface area contributed by atoms with Crippen molar-refractivity contribution in [1.29, 1.82) is 0 Å². The number of hydrogen-bond acceptors (Lipinski definition) is 5. The number of Topliss-reactive ketones (excluding diaryl/α,β-unsaturated/α-hetero) is 1. The maximum atomic E-state index is 12.8. The minimum absolute atomic E-state index is 0.0583. The molecule has 3 rings (SSSR count). The van der Waals surface area contributed by atoms with E-state index in [0.29, 0.717) is 40.7 Å². The van der Waals surface area contributed by atoms with Crippen LogP contribution in [0.5, 0.6) is 23.0 Å². The summed E-state index contributed by atoms with van der Waals surface area (Å²) in [4.78, 5) is 12.8. The van der Waals surface area contributed by atoms with Gasteiger partial charge < -0.3 is 18.9 Å². The van der Waals surface area contributed by atoms with Crippen LogP contribution in [0.25, 0.3) is 6.08 Å². The molecule has 1 aliphatic heterocycles. The number of ether oxygens (including phenoxy) is 4. The Kier molecular flexibility index (Phi) is 5.46. The quantitative estimate of drug-likeness (QED) is 0.730. The predicted octanol–water partition coefficient (Wildman–Crippen LogP) is 4.15. The van der Waals surface area contributed by atoms with Crippen molar-refractivity contribution in [3.05, 3.63) is 53.1 Å². The number of carbonyl (C=O) groups excluding carboxylic acids is 1. The fourth-order valence-electron chi connectivity index (χ4n) is 2.75. The molecule has 0 aliphatic carbocycles. The van der Waals surface area contributed by atoms with Crippen LogP contribution in [-0.2, 0) is 0 Å². The van der Waals surface area contributed by atoms with E-state index in [1.165, 1.54) is 0 Å². The monoisotopic (exact) mass is 354 g/mol. The molecule has 0 saturated heterocycles. The number of benzene rings is 2. The SMILES string of the molecule is CCCOc1cc(/C=C2/COc3ccc(OC)cc3C2=O)ccc1OC. The molecule has 0 N–H and O–H groups in total. The lowest BCUT2D eigenvalue weighted by Crippen LogP contribution is -2.19. The van der Waals surface area contributed by atoms with E-state index in [-0.39, 0.29) is 12.4 Å². The Hall–Kier alpha value is -2.95. The first-order valence-corrected chi connectivity index (χ1v) is 8.53. The van der Waals surface area contributed by atoms with Gasteiger partial charge in [0, 0.05) is 5.57 Å². The Labute approximate surface area is 153 Å². The maximum Gasteiger partial charge on any atom is 0.196 e. The summed E-state index contributed by atoms with van der Waals surface area (Å²) in [6.07, 6.45) is 2.72. The minimum atomic E-state index is -0.0583. The van der Waals surface area contributed by atoms with Gasteiger partial charge in [0.15, 0.2) is 17.3 Å². The van der Waals surface area contributed by atoms with Crippen molar-refractivity contribution >= 4 is 11.9 Å². The number of rotatable bonds is 6. The van der Waals surface area contributed by atoms with Gasteiger partial charge in [0.2, 0.25) is 0 Å². The molecule has 5 nitrogen and oxygen atoms in total. The van der Waals surface area contributed by atoms with Crippen LogP contribution in [0.1, 0.15) is 29.3 Å². The normalized spacial score (nSPS) is 14.6. The lowest BCUT2D eigenvalue weighted by Gasteiger charge is -2.19. The van der Waals surface area contributed by atoms with Crippen molar-refractivity contribution in [3.8, 4) is 23.0 Å². The molecule has 136 valence electrons. The Balaban J connectivity index is 1.91. The van der Waals surface area contributed by atoms with Gasteiger partial charge in [-0.3, -0.25) is 4.79 Å². The van der Waals surface area contributed by atoms with Gasteiger partial charge in [0.05, 0.1) is 26.4 Å². The van der Waals surface area contributed by atoms with E-state index in [0.717, 1.165) is 12.0 Å². The predicted molar refractivity (Wildman–Crippen MR) is 99.6 cm³/mol. The van der Waals surface area contributed by atoms with Gasteiger partial charge in [-0.15, -0.1) is 0 Å². The molecular formula is C21H22O5. The van der Waals surface area contributed by atoms with E-state index in [9.17, 15) is 4.79 Å². The molecule has 1 aliphatic rings. The zero-order valence-electron chi connectivity index (χ0n) is 15.2. The molecule has 5 heteroatoms. The molecule has 0 amide bonds. The van der Waals surface area contributed by atoms with E-state index in [4.69, 9.17) is 18.9 Å². The van der Waals surface area contributed by atoms with Crippen LogP contribution >= 0.6 is 0 Å². The van der Waals surface area contributed by atoms with Crippen LogP contribution in [0.3, 0.4) is 0 Å². The second kappa shape index (κ2) is 7.95. The lowest BCUT2D eigenvalue weighted by molar-refractivity contribution is 0.100. The van der Waals surface area contributed by atoms with Crippen LogP contribution in [0.15, 0.2) is 42.0 Å².